The van der Waals surface area contributed by atoms with Crippen molar-refractivity contribution >= 4 is 17.0 Å². The highest BCUT2D eigenvalue weighted by Gasteiger charge is 2.28. The van der Waals surface area contributed by atoms with Crippen LogP contribution in [0.5, 0.6) is 0 Å². The highest BCUT2D eigenvalue weighted by Crippen LogP contribution is 2.34. The van der Waals surface area contributed by atoms with Gasteiger partial charge in [-0.2, -0.15) is 5.21 Å². The van der Waals surface area contributed by atoms with Gasteiger partial charge in [0, 0.05) is 49.7 Å². The Kier molecular flexibility index (Phi) is 6.62. The largest absolute Gasteiger partial charge is 0.368 e. The third kappa shape index (κ3) is 5.10. The van der Waals surface area contributed by atoms with Gasteiger partial charge in [0.15, 0.2) is 0 Å². The van der Waals surface area contributed by atoms with Gasteiger partial charge in [-0.05, 0) is 49.1 Å². The lowest BCUT2D eigenvalue weighted by Crippen LogP contribution is -2.52. The maximum absolute atomic E-state index is 15.2. The van der Waals surface area contributed by atoms with Gasteiger partial charge in [-0.15, -0.1) is 21.5 Å². The first-order valence-corrected chi connectivity index (χ1v) is 11.7. The normalized spacial score (nSPS) is 17.6. The van der Waals surface area contributed by atoms with Crippen LogP contribution in [0.2, 0.25) is 0 Å². The van der Waals surface area contributed by atoms with Crippen LogP contribution in [0.3, 0.4) is 0 Å². The maximum Gasteiger partial charge on any atom is 0.209 e. The topological polar surface area (TPSA) is 73.8 Å². The molecule has 0 bridgehead atoms. The van der Waals surface area contributed by atoms with E-state index in [2.05, 4.69) is 69.2 Å². The van der Waals surface area contributed by atoms with Gasteiger partial charge in [-0.3, -0.25) is 4.90 Å². The van der Waals surface area contributed by atoms with Gasteiger partial charge in [-0.25, -0.2) is 9.37 Å². The lowest BCUT2D eigenvalue weighted by atomic mass is 9.98. The quantitative estimate of drug-likeness (QED) is 0.600. The first kappa shape index (κ1) is 21.8. The van der Waals surface area contributed by atoms with Crippen molar-refractivity contribution in [2.45, 2.75) is 46.6 Å². The summed E-state index contributed by atoms with van der Waals surface area (Å²) in [5.74, 6) is 0.468. The molecule has 0 unspecified atom stereocenters. The highest BCUT2D eigenvalue weighted by molar-refractivity contribution is 7.11. The standard InChI is InChI=1S/C22H30FN7S/c1-14(2)9-17-10-18(23)21(22-25-27-28-26-22)19(11-17)30-8-7-29(15(3)13-30)6-5-20-24-12-16(4)31-20/h10-12,14-15H,5-9,13H2,1-4H3,(H,25,26,27,28)/t15-/m0/s1. The molecule has 0 aliphatic carbocycles. The Hall–Kier alpha value is -2.39. The number of hydrogen-bond donors (Lipinski definition) is 1. The number of hydrogen-bond acceptors (Lipinski definition) is 7. The molecular weight excluding hydrogens is 413 g/mol. The zero-order valence-corrected chi connectivity index (χ0v) is 19.4. The molecule has 1 fully saturated rings. The molecule has 166 valence electrons. The Bertz CT molecular complexity index is 1000. The summed E-state index contributed by atoms with van der Waals surface area (Å²) in [6.45, 7) is 12.2. The van der Waals surface area contributed by atoms with Crippen molar-refractivity contribution in [3.63, 3.8) is 0 Å². The van der Waals surface area contributed by atoms with Gasteiger partial charge in [0.2, 0.25) is 5.82 Å². The molecule has 0 saturated carbocycles. The maximum atomic E-state index is 15.2. The summed E-state index contributed by atoms with van der Waals surface area (Å²) in [5.41, 5.74) is 2.29. The summed E-state index contributed by atoms with van der Waals surface area (Å²) in [4.78, 5) is 10.5. The Morgan fingerprint density at radius 2 is 2.13 bits per heavy atom. The number of tetrazole rings is 1. The number of nitrogens with zero attached hydrogens (tertiary/aromatic N) is 6. The molecule has 0 radical (unpaired) electrons. The van der Waals surface area contributed by atoms with E-state index in [9.17, 15) is 0 Å². The van der Waals surface area contributed by atoms with Crippen LogP contribution in [-0.4, -0.2) is 62.7 Å². The molecule has 3 aromatic rings. The molecule has 3 heterocycles. The summed E-state index contributed by atoms with van der Waals surface area (Å²) in [6, 6.07) is 4.07. The minimum absolute atomic E-state index is 0.288. The lowest BCUT2D eigenvalue weighted by molar-refractivity contribution is 0.191. The van der Waals surface area contributed by atoms with Crippen molar-refractivity contribution in [3.8, 4) is 11.4 Å². The minimum Gasteiger partial charge on any atom is -0.368 e. The van der Waals surface area contributed by atoms with Gasteiger partial charge < -0.3 is 4.90 Å². The Morgan fingerprint density at radius 3 is 2.77 bits per heavy atom. The fourth-order valence-corrected chi connectivity index (χ4v) is 5.05. The average Bonchev–Trinajstić information content (AvgIpc) is 3.38. The molecule has 1 aromatic carbocycles. The highest BCUT2D eigenvalue weighted by atomic mass is 32.1. The van der Waals surface area contributed by atoms with E-state index in [1.54, 1.807) is 17.4 Å². The van der Waals surface area contributed by atoms with Gasteiger partial charge in [0.25, 0.3) is 0 Å². The molecule has 1 saturated heterocycles. The molecule has 0 spiro atoms. The van der Waals surface area contributed by atoms with E-state index >= 15 is 4.39 Å². The molecular formula is C22H30FN7S. The Morgan fingerprint density at radius 1 is 1.29 bits per heavy atom. The lowest BCUT2D eigenvalue weighted by Gasteiger charge is -2.41. The number of aromatic nitrogens is 5. The van der Waals surface area contributed by atoms with E-state index in [1.165, 1.54) is 9.88 Å². The predicted octanol–water partition coefficient (Wildman–Crippen LogP) is 3.72. The number of piperazine rings is 1. The molecule has 1 aliphatic heterocycles. The van der Waals surface area contributed by atoms with Crippen LogP contribution in [-0.2, 0) is 12.8 Å². The Labute approximate surface area is 186 Å². The van der Waals surface area contributed by atoms with Crippen molar-refractivity contribution in [1.29, 1.82) is 0 Å². The van der Waals surface area contributed by atoms with E-state index in [0.29, 0.717) is 23.3 Å². The van der Waals surface area contributed by atoms with Gasteiger partial charge in [0.05, 0.1) is 16.3 Å². The van der Waals surface area contributed by atoms with Gasteiger partial charge >= 0.3 is 0 Å². The second kappa shape index (κ2) is 9.40. The van der Waals surface area contributed by atoms with Crippen LogP contribution in [0.15, 0.2) is 18.3 Å². The van der Waals surface area contributed by atoms with Crippen molar-refractivity contribution in [1.82, 2.24) is 30.5 Å². The van der Waals surface area contributed by atoms with Crippen LogP contribution >= 0.6 is 11.3 Å². The molecule has 9 heteroatoms. The van der Waals surface area contributed by atoms with Crippen LogP contribution in [0.25, 0.3) is 11.4 Å². The van der Waals surface area contributed by atoms with Gasteiger partial charge in [-0.1, -0.05) is 13.8 Å². The third-order valence-corrected chi connectivity index (χ3v) is 6.70. The number of thiazole rings is 1. The van der Waals surface area contributed by atoms with Crippen LogP contribution < -0.4 is 4.90 Å². The van der Waals surface area contributed by atoms with Crippen LogP contribution in [0, 0.1) is 18.7 Å². The monoisotopic (exact) mass is 443 g/mol. The minimum atomic E-state index is -0.288. The van der Waals surface area contributed by atoms with E-state index in [1.807, 2.05) is 6.20 Å². The number of aromatic amines is 1. The molecule has 0 amide bonds. The predicted molar refractivity (Wildman–Crippen MR) is 122 cm³/mol. The van der Waals surface area contributed by atoms with E-state index in [0.717, 1.165) is 50.3 Å². The third-order valence-electron chi connectivity index (χ3n) is 5.73. The van der Waals surface area contributed by atoms with E-state index in [-0.39, 0.29) is 5.82 Å². The molecule has 4 rings (SSSR count). The molecule has 1 atom stereocenters. The fourth-order valence-electron chi connectivity index (χ4n) is 4.28. The number of aryl methyl sites for hydroxylation is 1. The molecule has 31 heavy (non-hydrogen) atoms. The zero-order chi connectivity index (χ0) is 22.0. The number of benzene rings is 1. The SMILES string of the molecule is Cc1cnc(CCN2CCN(c3cc(CC(C)C)cc(F)c3-c3nn[nH]n3)C[C@@H]2C)s1. The molecule has 1 aliphatic rings. The summed E-state index contributed by atoms with van der Waals surface area (Å²) >= 11 is 1.77. The summed E-state index contributed by atoms with van der Waals surface area (Å²) in [7, 11) is 0. The van der Waals surface area contributed by atoms with Crippen molar-refractivity contribution in [2.24, 2.45) is 5.92 Å². The average molecular weight is 444 g/mol. The molecule has 7 nitrogen and oxygen atoms in total. The number of anilines is 1. The van der Waals surface area contributed by atoms with E-state index in [4.69, 9.17) is 0 Å². The summed E-state index contributed by atoms with van der Waals surface area (Å²) < 4.78 is 15.2. The first-order chi connectivity index (χ1) is 14.9. The number of rotatable bonds is 7. The second-order valence-corrected chi connectivity index (χ2v) is 10.1. The van der Waals surface area contributed by atoms with Crippen LogP contribution in [0.4, 0.5) is 10.1 Å². The van der Waals surface area contributed by atoms with Crippen molar-refractivity contribution in [3.05, 3.63) is 39.6 Å². The van der Waals surface area contributed by atoms with Crippen molar-refractivity contribution < 1.29 is 4.39 Å². The fraction of sp³-hybridized carbons (Fsp3) is 0.545. The second-order valence-electron chi connectivity index (χ2n) is 8.75. The van der Waals surface area contributed by atoms with Crippen molar-refractivity contribution in [2.75, 3.05) is 31.1 Å². The smallest absolute Gasteiger partial charge is 0.209 e. The number of halogens is 1. The Balaban J connectivity index is 1.54. The summed E-state index contributed by atoms with van der Waals surface area (Å²) in [5, 5.41) is 15.4. The summed E-state index contributed by atoms with van der Waals surface area (Å²) in [6.07, 6.45) is 3.74. The van der Waals surface area contributed by atoms with Gasteiger partial charge in [0.1, 0.15) is 5.82 Å². The van der Waals surface area contributed by atoms with E-state index < -0.39 is 0 Å². The van der Waals surface area contributed by atoms with Crippen LogP contribution in [0.1, 0.15) is 36.2 Å². The molecule has 2 aromatic heterocycles. The number of H-pyrrole nitrogens is 1. The number of nitrogens with one attached hydrogen (secondary N) is 1. The molecule has 1 N–H and O–H groups in total. The first-order valence-electron chi connectivity index (χ1n) is 10.9. The zero-order valence-electron chi connectivity index (χ0n) is 18.6.